The Balaban J connectivity index is 2.55. The second kappa shape index (κ2) is 12.3. The summed E-state index contributed by atoms with van der Waals surface area (Å²) in [7, 11) is 1.62. The first-order chi connectivity index (χ1) is 16.0. The van der Waals surface area contributed by atoms with Gasteiger partial charge in [0.05, 0.1) is 5.92 Å². The molecule has 1 fully saturated rings. The third-order valence-electron chi connectivity index (χ3n) is 6.69. The van der Waals surface area contributed by atoms with E-state index in [4.69, 9.17) is 4.74 Å². The second-order valence-electron chi connectivity index (χ2n) is 10.4. The summed E-state index contributed by atoms with van der Waals surface area (Å²) in [5.74, 6) is -0.622. The molecule has 1 aromatic carbocycles. The molecule has 4 atom stereocenters. The van der Waals surface area contributed by atoms with Crippen LogP contribution in [0, 0.1) is 11.8 Å². The standard InChI is InChI=1S/C27H43N3O4/c1-8-19(9-2)15-22(29-18(3)31)24-21(25(32)28-7)16-23(26(33)34-27(4,5)6)30(24)17-20-13-11-10-12-14-20/h10-14,19,21-24H,8-9,15-17H2,1-7H3,(H,28,32)(H,29,31)/t21-,22+,23-,24-/m1/s1. The molecule has 0 saturated carbocycles. The van der Waals surface area contributed by atoms with Gasteiger partial charge in [0.15, 0.2) is 0 Å². The number of rotatable bonds is 10. The van der Waals surface area contributed by atoms with Crippen LogP contribution in [0.3, 0.4) is 0 Å². The normalized spacial score (nSPS) is 21.8. The summed E-state index contributed by atoms with van der Waals surface area (Å²) in [4.78, 5) is 40.8. The number of likely N-dealkylation sites (tertiary alicyclic amines) is 1. The van der Waals surface area contributed by atoms with Crippen LogP contribution in [-0.2, 0) is 25.7 Å². The first-order valence-corrected chi connectivity index (χ1v) is 12.5. The maximum atomic E-state index is 13.4. The smallest absolute Gasteiger partial charge is 0.323 e. The van der Waals surface area contributed by atoms with Gasteiger partial charge in [-0.1, -0.05) is 57.0 Å². The Morgan fingerprint density at radius 1 is 1.12 bits per heavy atom. The van der Waals surface area contributed by atoms with Gasteiger partial charge in [0, 0.05) is 32.6 Å². The Morgan fingerprint density at radius 2 is 1.74 bits per heavy atom. The van der Waals surface area contributed by atoms with E-state index in [-0.39, 0.29) is 29.9 Å². The molecule has 2 rings (SSSR count). The van der Waals surface area contributed by atoms with E-state index in [1.165, 1.54) is 6.92 Å². The van der Waals surface area contributed by atoms with Gasteiger partial charge >= 0.3 is 5.97 Å². The molecule has 1 heterocycles. The molecule has 7 heteroatoms. The zero-order valence-corrected chi connectivity index (χ0v) is 21.9. The largest absolute Gasteiger partial charge is 0.459 e. The average Bonchev–Trinajstić information content (AvgIpc) is 3.14. The molecule has 0 aliphatic carbocycles. The maximum Gasteiger partial charge on any atom is 0.323 e. The fourth-order valence-electron chi connectivity index (χ4n) is 5.05. The molecule has 0 bridgehead atoms. The average molecular weight is 474 g/mol. The van der Waals surface area contributed by atoms with Crippen molar-refractivity contribution in [2.24, 2.45) is 11.8 Å². The summed E-state index contributed by atoms with van der Waals surface area (Å²) in [6, 6.07) is 8.75. The van der Waals surface area contributed by atoms with Crippen molar-refractivity contribution in [1.29, 1.82) is 0 Å². The number of hydrogen-bond acceptors (Lipinski definition) is 5. The van der Waals surface area contributed by atoms with Crippen LogP contribution >= 0.6 is 0 Å². The number of nitrogens with zero attached hydrogens (tertiary/aromatic N) is 1. The van der Waals surface area contributed by atoms with Crippen LogP contribution in [0.2, 0.25) is 0 Å². The van der Waals surface area contributed by atoms with Gasteiger partial charge < -0.3 is 15.4 Å². The van der Waals surface area contributed by atoms with E-state index in [1.807, 2.05) is 51.1 Å². The number of hydrogen-bond donors (Lipinski definition) is 2. The van der Waals surface area contributed by atoms with E-state index in [0.717, 1.165) is 24.8 Å². The quantitative estimate of drug-likeness (QED) is 0.507. The number of amides is 2. The van der Waals surface area contributed by atoms with Crippen molar-refractivity contribution >= 4 is 17.8 Å². The minimum absolute atomic E-state index is 0.117. The van der Waals surface area contributed by atoms with Crippen LogP contribution in [0.5, 0.6) is 0 Å². The number of benzene rings is 1. The minimum atomic E-state index is -0.636. The van der Waals surface area contributed by atoms with Crippen LogP contribution in [0.4, 0.5) is 0 Å². The van der Waals surface area contributed by atoms with Gasteiger partial charge in [-0.05, 0) is 45.1 Å². The minimum Gasteiger partial charge on any atom is -0.459 e. The highest BCUT2D eigenvalue weighted by Gasteiger charge is 2.51. The molecular formula is C27H43N3O4. The van der Waals surface area contributed by atoms with Gasteiger partial charge in [-0.2, -0.15) is 0 Å². The molecule has 1 aliphatic heterocycles. The first kappa shape index (κ1) is 27.8. The fourth-order valence-corrected chi connectivity index (χ4v) is 5.05. The number of ether oxygens (including phenoxy) is 1. The van der Waals surface area contributed by atoms with Crippen LogP contribution in [0.25, 0.3) is 0 Å². The van der Waals surface area contributed by atoms with Crippen molar-refractivity contribution < 1.29 is 19.1 Å². The Bertz CT molecular complexity index is 817. The molecule has 0 radical (unpaired) electrons. The van der Waals surface area contributed by atoms with Crippen LogP contribution < -0.4 is 10.6 Å². The SMILES string of the molecule is CCC(CC)C[C@H](NC(C)=O)[C@H]1[C@H](C(=O)NC)C[C@H](C(=O)OC(C)(C)C)N1Cc1ccccc1. The highest BCUT2D eigenvalue weighted by molar-refractivity contribution is 5.84. The molecule has 0 spiro atoms. The Morgan fingerprint density at radius 3 is 2.24 bits per heavy atom. The van der Waals surface area contributed by atoms with E-state index in [2.05, 4.69) is 29.4 Å². The van der Waals surface area contributed by atoms with Gasteiger partial charge in [-0.25, -0.2) is 0 Å². The molecule has 1 aromatic rings. The zero-order valence-electron chi connectivity index (χ0n) is 21.9. The predicted octanol–water partition coefficient (Wildman–Crippen LogP) is 3.66. The van der Waals surface area contributed by atoms with E-state index in [1.54, 1.807) is 7.05 Å². The summed E-state index contributed by atoms with van der Waals surface area (Å²) in [5, 5.41) is 5.93. The van der Waals surface area contributed by atoms with Crippen molar-refractivity contribution in [2.75, 3.05) is 7.05 Å². The molecule has 2 amide bonds. The summed E-state index contributed by atoms with van der Waals surface area (Å²) in [6.07, 6.45) is 3.07. The van der Waals surface area contributed by atoms with E-state index in [0.29, 0.717) is 18.9 Å². The van der Waals surface area contributed by atoms with Gasteiger partial charge in [0.25, 0.3) is 0 Å². The number of esters is 1. The van der Waals surface area contributed by atoms with Gasteiger partial charge in [0.1, 0.15) is 11.6 Å². The van der Waals surface area contributed by atoms with E-state index < -0.39 is 17.6 Å². The lowest BCUT2D eigenvalue weighted by atomic mass is 9.85. The Kier molecular flexibility index (Phi) is 10.1. The van der Waals surface area contributed by atoms with E-state index >= 15 is 0 Å². The molecule has 1 aliphatic rings. The summed E-state index contributed by atoms with van der Waals surface area (Å²) >= 11 is 0. The summed E-state index contributed by atoms with van der Waals surface area (Å²) < 4.78 is 5.78. The maximum absolute atomic E-state index is 13.4. The monoisotopic (exact) mass is 473 g/mol. The molecule has 190 valence electrons. The zero-order chi connectivity index (χ0) is 25.5. The molecule has 34 heavy (non-hydrogen) atoms. The number of nitrogens with one attached hydrogen (secondary N) is 2. The van der Waals surface area contributed by atoms with Crippen molar-refractivity contribution in [3.05, 3.63) is 35.9 Å². The molecule has 0 unspecified atom stereocenters. The van der Waals surface area contributed by atoms with Crippen molar-refractivity contribution in [3.8, 4) is 0 Å². The van der Waals surface area contributed by atoms with Crippen LogP contribution in [0.1, 0.15) is 72.8 Å². The molecule has 7 nitrogen and oxygen atoms in total. The van der Waals surface area contributed by atoms with Gasteiger partial charge in [-0.3, -0.25) is 19.3 Å². The molecule has 2 N–H and O–H groups in total. The van der Waals surface area contributed by atoms with Crippen LogP contribution in [0.15, 0.2) is 30.3 Å². The van der Waals surface area contributed by atoms with Gasteiger partial charge in [0.2, 0.25) is 11.8 Å². The third kappa shape index (κ3) is 7.55. The lowest BCUT2D eigenvalue weighted by molar-refractivity contribution is -0.161. The fraction of sp³-hybridized carbons (Fsp3) is 0.667. The Hall–Kier alpha value is -2.41. The summed E-state index contributed by atoms with van der Waals surface area (Å²) in [6.45, 7) is 11.8. The van der Waals surface area contributed by atoms with Gasteiger partial charge in [-0.15, -0.1) is 0 Å². The molecular weight excluding hydrogens is 430 g/mol. The van der Waals surface area contributed by atoms with Crippen LogP contribution in [-0.4, -0.2) is 53.5 Å². The highest BCUT2D eigenvalue weighted by atomic mass is 16.6. The van der Waals surface area contributed by atoms with Crippen molar-refractivity contribution in [2.45, 2.75) is 97.5 Å². The highest BCUT2D eigenvalue weighted by Crippen LogP contribution is 2.37. The van der Waals surface area contributed by atoms with E-state index in [9.17, 15) is 14.4 Å². The molecule has 0 aromatic heterocycles. The van der Waals surface area contributed by atoms with Crippen molar-refractivity contribution in [3.63, 3.8) is 0 Å². The first-order valence-electron chi connectivity index (χ1n) is 12.5. The summed E-state index contributed by atoms with van der Waals surface area (Å²) in [5.41, 5.74) is 0.408. The third-order valence-corrected chi connectivity index (χ3v) is 6.69. The molecule has 1 saturated heterocycles. The number of carbonyl (C=O) groups is 3. The van der Waals surface area contributed by atoms with Crippen molar-refractivity contribution in [1.82, 2.24) is 15.5 Å². The second-order valence-corrected chi connectivity index (χ2v) is 10.4. The lowest BCUT2D eigenvalue weighted by Gasteiger charge is -2.38. The number of carbonyl (C=O) groups excluding carboxylic acids is 3. The topological polar surface area (TPSA) is 87.7 Å². The lowest BCUT2D eigenvalue weighted by Crippen LogP contribution is -2.55. The predicted molar refractivity (Wildman–Crippen MR) is 134 cm³/mol. The Labute approximate surface area is 205 Å².